The Balaban J connectivity index is 1.76. The molecule has 1 N–H and O–H groups in total. The van der Waals surface area contributed by atoms with E-state index in [1.165, 1.54) is 11.3 Å². The van der Waals surface area contributed by atoms with Gasteiger partial charge in [-0.2, -0.15) is 4.68 Å². The van der Waals surface area contributed by atoms with E-state index in [0.717, 1.165) is 15.1 Å². The molecule has 118 valence electrons. The summed E-state index contributed by atoms with van der Waals surface area (Å²) in [6.07, 6.45) is 0. The van der Waals surface area contributed by atoms with Gasteiger partial charge in [-0.1, -0.05) is 23.7 Å². The molecule has 0 aliphatic carbocycles. The van der Waals surface area contributed by atoms with Gasteiger partial charge in [-0.15, -0.1) is 16.4 Å². The Hall–Kier alpha value is -2.38. The Morgan fingerprint density at radius 3 is 2.96 bits per heavy atom. The molecule has 0 aliphatic heterocycles. The zero-order valence-corrected chi connectivity index (χ0v) is 13.6. The molecule has 3 aromatic rings. The van der Waals surface area contributed by atoms with Crippen LogP contribution in [-0.2, 0) is 11.3 Å². The zero-order chi connectivity index (χ0) is 16.4. The minimum absolute atomic E-state index is 0.205. The first-order valence-electron chi connectivity index (χ1n) is 6.71. The quantitative estimate of drug-likeness (QED) is 0.784. The van der Waals surface area contributed by atoms with Crippen LogP contribution >= 0.6 is 22.9 Å². The molecule has 1 aromatic carbocycles. The molecule has 0 unspecified atom stereocenters. The molecule has 0 saturated carbocycles. The van der Waals surface area contributed by atoms with E-state index < -0.39 is 5.76 Å². The van der Waals surface area contributed by atoms with Crippen LogP contribution in [0.4, 0.5) is 5.69 Å². The lowest BCUT2D eigenvalue weighted by molar-refractivity contribution is -0.117. The predicted octanol–water partition coefficient (Wildman–Crippen LogP) is 3.17. The van der Waals surface area contributed by atoms with Gasteiger partial charge in [0, 0.05) is 10.7 Å². The fraction of sp³-hybridized carbons (Fsp3) is 0.133. The standard InChI is InChI=1S/C15H12ClN3O3S/c1-9-10(16)4-2-5-11(9)17-13(20)8-19-15(21)22-14(18-19)12-6-3-7-23-12/h2-7H,8H2,1H3,(H,17,20). The number of amides is 1. The van der Waals surface area contributed by atoms with Crippen LogP contribution in [0.25, 0.3) is 10.8 Å². The highest BCUT2D eigenvalue weighted by Crippen LogP contribution is 2.23. The average molecular weight is 350 g/mol. The number of carbonyl (C=O) groups is 1. The zero-order valence-electron chi connectivity index (χ0n) is 12.1. The van der Waals surface area contributed by atoms with E-state index in [1.807, 2.05) is 11.4 Å². The SMILES string of the molecule is Cc1c(Cl)cccc1NC(=O)Cn1nc(-c2cccs2)oc1=O. The Labute approximate surface area is 140 Å². The fourth-order valence-electron chi connectivity index (χ4n) is 1.97. The molecule has 0 saturated heterocycles. The summed E-state index contributed by atoms with van der Waals surface area (Å²) in [6, 6.07) is 8.83. The second-order valence-corrected chi connectivity index (χ2v) is 6.12. The van der Waals surface area contributed by atoms with Crippen molar-refractivity contribution in [2.24, 2.45) is 0 Å². The summed E-state index contributed by atoms with van der Waals surface area (Å²) < 4.78 is 6.05. The Morgan fingerprint density at radius 1 is 1.39 bits per heavy atom. The van der Waals surface area contributed by atoms with Crippen LogP contribution in [0.15, 0.2) is 44.9 Å². The van der Waals surface area contributed by atoms with E-state index >= 15 is 0 Å². The van der Waals surface area contributed by atoms with Crippen LogP contribution in [0, 0.1) is 6.92 Å². The first kappa shape index (κ1) is 15.5. The Kier molecular flexibility index (Phi) is 4.31. The molecule has 0 aliphatic rings. The van der Waals surface area contributed by atoms with Crippen molar-refractivity contribution in [1.82, 2.24) is 9.78 Å². The van der Waals surface area contributed by atoms with Crippen molar-refractivity contribution in [3.05, 3.63) is 56.8 Å². The molecule has 6 nitrogen and oxygen atoms in total. The molecule has 23 heavy (non-hydrogen) atoms. The van der Waals surface area contributed by atoms with Crippen LogP contribution in [0.2, 0.25) is 5.02 Å². The molecule has 0 fully saturated rings. The van der Waals surface area contributed by atoms with E-state index in [1.54, 1.807) is 31.2 Å². The van der Waals surface area contributed by atoms with Crippen molar-refractivity contribution in [2.45, 2.75) is 13.5 Å². The number of rotatable bonds is 4. The largest absolute Gasteiger partial charge is 0.437 e. The summed E-state index contributed by atoms with van der Waals surface area (Å²) in [4.78, 5) is 24.6. The highest BCUT2D eigenvalue weighted by molar-refractivity contribution is 7.13. The molecule has 1 amide bonds. The van der Waals surface area contributed by atoms with Gasteiger partial charge in [-0.25, -0.2) is 4.79 Å². The second-order valence-electron chi connectivity index (χ2n) is 4.77. The number of benzene rings is 1. The van der Waals surface area contributed by atoms with Gasteiger partial charge in [0.05, 0.1) is 4.88 Å². The third kappa shape index (κ3) is 3.35. The molecule has 0 spiro atoms. The number of nitrogens with zero attached hydrogens (tertiary/aromatic N) is 2. The number of carbonyl (C=O) groups excluding carboxylic acids is 1. The van der Waals surface area contributed by atoms with Crippen LogP contribution in [-0.4, -0.2) is 15.7 Å². The third-order valence-corrected chi connectivity index (χ3v) is 4.44. The van der Waals surface area contributed by atoms with E-state index in [2.05, 4.69) is 10.4 Å². The van der Waals surface area contributed by atoms with Crippen molar-refractivity contribution in [1.29, 1.82) is 0 Å². The van der Waals surface area contributed by atoms with Gasteiger partial charge in [0.25, 0.3) is 5.89 Å². The second kappa shape index (κ2) is 6.39. The number of nitrogens with one attached hydrogen (secondary N) is 1. The molecule has 0 radical (unpaired) electrons. The van der Waals surface area contributed by atoms with Crippen molar-refractivity contribution < 1.29 is 9.21 Å². The maximum absolute atomic E-state index is 12.1. The van der Waals surface area contributed by atoms with E-state index in [0.29, 0.717) is 10.7 Å². The average Bonchev–Trinajstić information content (AvgIpc) is 3.14. The van der Waals surface area contributed by atoms with E-state index in [-0.39, 0.29) is 18.3 Å². The minimum atomic E-state index is -0.675. The molecular weight excluding hydrogens is 338 g/mol. The summed E-state index contributed by atoms with van der Waals surface area (Å²) in [7, 11) is 0. The van der Waals surface area contributed by atoms with Crippen molar-refractivity contribution in [2.75, 3.05) is 5.32 Å². The van der Waals surface area contributed by atoms with Crippen LogP contribution < -0.4 is 11.1 Å². The summed E-state index contributed by atoms with van der Waals surface area (Å²) in [5.74, 6) is -0.855. The van der Waals surface area contributed by atoms with E-state index in [4.69, 9.17) is 16.0 Å². The summed E-state index contributed by atoms with van der Waals surface area (Å²) in [6.45, 7) is 1.56. The van der Waals surface area contributed by atoms with Crippen molar-refractivity contribution >= 4 is 34.5 Å². The maximum Gasteiger partial charge on any atom is 0.437 e. The minimum Gasteiger partial charge on any atom is -0.387 e. The van der Waals surface area contributed by atoms with Crippen molar-refractivity contribution in [3.63, 3.8) is 0 Å². The smallest absolute Gasteiger partial charge is 0.387 e. The lowest BCUT2D eigenvalue weighted by atomic mass is 10.2. The monoisotopic (exact) mass is 349 g/mol. The topological polar surface area (TPSA) is 77.1 Å². The van der Waals surface area contributed by atoms with Gasteiger partial charge in [0.15, 0.2) is 0 Å². The van der Waals surface area contributed by atoms with Gasteiger partial charge in [0.1, 0.15) is 6.54 Å². The molecular formula is C15H12ClN3O3S. The lowest BCUT2D eigenvalue weighted by Crippen LogP contribution is -2.26. The van der Waals surface area contributed by atoms with Gasteiger partial charge in [-0.3, -0.25) is 4.79 Å². The lowest BCUT2D eigenvalue weighted by Gasteiger charge is -2.08. The highest BCUT2D eigenvalue weighted by atomic mass is 35.5. The number of aromatic nitrogens is 2. The predicted molar refractivity (Wildman–Crippen MR) is 88.9 cm³/mol. The van der Waals surface area contributed by atoms with E-state index in [9.17, 15) is 9.59 Å². The molecule has 8 heteroatoms. The molecule has 2 aromatic heterocycles. The number of halogens is 1. The Bertz CT molecular complexity index is 899. The van der Waals surface area contributed by atoms with Crippen LogP contribution in [0.1, 0.15) is 5.56 Å². The van der Waals surface area contributed by atoms with Crippen molar-refractivity contribution in [3.8, 4) is 10.8 Å². The highest BCUT2D eigenvalue weighted by Gasteiger charge is 2.14. The van der Waals surface area contributed by atoms with Gasteiger partial charge in [-0.05, 0) is 36.1 Å². The van der Waals surface area contributed by atoms with Gasteiger partial charge in [0.2, 0.25) is 5.91 Å². The Morgan fingerprint density at radius 2 is 2.22 bits per heavy atom. The van der Waals surface area contributed by atoms with Crippen LogP contribution in [0.5, 0.6) is 0 Å². The number of thiophene rings is 1. The molecule has 0 bridgehead atoms. The first-order valence-corrected chi connectivity index (χ1v) is 7.97. The number of anilines is 1. The van der Waals surface area contributed by atoms with Gasteiger partial charge >= 0.3 is 5.76 Å². The molecule has 2 heterocycles. The molecule has 3 rings (SSSR count). The summed E-state index contributed by atoms with van der Waals surface area (Å²) in [5, 5.41) is 9.15. The van der Waals surface area contributed by atoms with Gasteiger partial charge < -0.3 is 9.73 Å². The fourth-order valence-corrected chi connectivity index (χ4v) is 2.79. The number of hydrogen-bond donors (Lipinski definition) is 1. The first-order chi connectivity index (χ1) is 11.0. The number of hydrogen-bond acceptors (Lipinski definition) is 5. The van der Waals surface area contributed by atoms with Crippen LogP contribution in [0.3, 0.4) is 0 Å². The normalized spacial score (nSPS) is 10.7. The maximum atomic E-state index is 12.1. The summed E-state index contributed by atoms with van der Waals surface area (Å²) >= 11 is 7.41. The summed E-state index contributed by atoms with van der Waals surface area (Å²) in [5.41, 5.74) is 1.35. The molecule has 0 atom stereocenters. The third-order valence-electron chi connectivity index (χ3n) is 3.17.